The second kappa shape index (κ2) is 10.1. The summed E-state index contributed by atoms with van der Waals surface area (Å²) in [5, 5.41) is 11.6. The Balaban J connectivity index is 1.48. The predicted octanol–water partition coefficient (Wildman–Crippen LogP) is 4.02. The van der Waals surface area contributed by atoms with Crippen molar-refractivity contribution >= 4 is 23.1 Å². The number of benzene rings is 2. The van der Waals surface area contributed by atoms with E-state index in [0.29, 0.717) is 48.9 Å². The Kier molecular flexibility index (Phi) is 6.92. The van der Waals surface area contributed by atoms with Gasteiger partial charge < -0.3 is 18.9 Å². The minimum atomic E-state index is -0.831. The van der Waals surface area contributed by atoms with Crippen LogP contribution in [0.4, 0.5) is 15.8 Å². The van der Waals surface area contributed by atoms with Gasteiger partial charge in [-0.25, -0.2) is 9.18 Å². The molecule has 0 bridgehead atoms. The van der Waals surface area contributed by atoms with Crippen molar-refractivity contribution in [3.8, 4) is 5.69 Å². The van der Waals surface area contributed by atoms with E-state index < -0.39 is 23.3 Å². The molecule has 0 radical (unpaired) electrons. The molecule has 0 unspecified atom stereocenters. The van der Waals surface area contributed by atoms with E-state index in [1.807, 2.05) is 16.4 Å². The Bertz CT molecular complexity index is 1280. The number of nitro benzene ring substituents is 1. The Labute approximate surface area is 200 Å². The van der Waals surface area contributed by atoms with Gasteiger partial charge in [0.25, 0.3) is 5.69 Å². The molecule has 2 heterocycles. The van der Waals surface area contributed by atoms with Crippen molar-refractivity contribution in [2.24, 2.45) is 0 Å². The van der Waals surface area contributed by atoms with Crippen LogP contribution in [0.2, 0.25) is 0 Å². The smallest absolute Gasteiger partial charge is 0.338 e. The van der Waals surface area contributed by atoms with Crippen molar-refractivity contribution in [2.45, 2.75) is 13.8 Å². The van der Waals surface area contributed by atoms with Gasteiger partial charge in [0.2, 0.25) is 5.78 Å². The summed E-state index contributed by atoms with van der Waals surface area (Å²) in [6.07, 6.45) is 0. The quantitative estimate of drug-likeness (QED) is 0.217. The third-order valence-electron chi connectivity index (χ3n) is 5.91. The summed E-state index contributed by atoms with van der Waals surface area (Å²) < 4.78 is 25.6. The van der Waals surface area contributed by atoms with Crippen molar-refractivity contribution in [1.29, 1.82) is 0 Å². The topological polar surface area (TPSA) is 104 Å². The molecule has 1 aromatic heterocycles. The fourth-order valence-corrected chi connectivity index (χ4v) is 4.19. The number of rotatable bonds is 7. The van der Waals surface area contributed by atoms with Crippen LogP contribution in [0.25, 0.3) is 5.69 Å². The first kappa shape index (κ1) is 24.1. The van der Waals surface area contributed by atoms with Crippen LogP contribution >= 0.6 is 0 Å². The van der Waals surface area contributed by atoms with E-state index in [4.69, 9.17) is 9.47 Å². The lowest BCUT2D eigenvalue weighted by atomic mass is 10.1. The fraction of sp³-hybridized carbons (Fsp3) is 0.280. The molecule has 1 aliphatic heterocycles. The number of aromatic nitrogens is 1. The molecule has 0 saturated carbocycles. The Hall–Kier alpha value is -4.05. The standard InChI is InChI=1S/C25H24FN3O6/c1-16-13-21(17(2)28(16)20-6-4-19(26)5-7-20)24(30)15-35-25(31)18-3-8-22(23(14-18)29(32)33)27-9-11-34-12-10-27/h3-8,13-14H,9-12,15H2,1-2H3. The van der Waals surface area contributed by atoms with Gasteiger partial charge in [-0.1, -0.05) is 0 Å². The van der Waals surface area contributed by atoms with Crippen LogP contribution in [-0.4, -0.2) is 54.2 Å². The van der Waals surface area contributed by atoms with E-state index in [-0.39, 0.29) is 17.1 Å². The minimum absolute atomic E-state index is 0.0155. The van der Waals surface area contributed by atoms with Crippen LogP contribution in [0.3, 0.4) is 0 Å². The van der Waals surface area contributed by atoms with Crippen LogP contribution in [0.5, 0.6) is 0 Å². The molecule has 182 valence electrons. The molecule has 0 N–H and O–H groups in total. The monoisotopic (exact) mass is 481 g/mol. The molecule has 2 aromatic carbocycles. The van der Waals surface area contributed by atoms with Crippen molar-refractivity contribution in [1.82, 2.24) is 4.57 Å². The van der Waals surface area contributed by atoms with Crippen molar-refractivity contribution < 1.29 is 28.4 Å². The first-order chi connectivity index (χ1) is 16.8. The third-order valence-corrected chi connectivity index (χ3v) is 5.91. The highest BCUT2D eigenvalue weighted by molar-refractivity contribution is 6.00. The maximum atomic E-state index is 13.3. The number of ketones is 1. The van der Waals surface area contributed by atoms with Gasteiger partial charge in [-0.3, -0.25) is 14.9 Å². The van der Waals surface area contributed by atoms with E-state index in [1.165, 1.54) is 24.3 Å². The average Bonchev–Trinajstić information content (AvgIpc) is 3.16. The molecule has 4 rings (SSSR count). The van der Waals surface area contributed by atoms with Gasteiger partial charge in [-0.05, 0) is 56.3 Å². The molecule has 1 fully saturated rings. The zero-order chi connectivity index (χ0) is 25.1. The highest BCUT2D eigenvalue weighted by atomic mass is 19.1. The van der Waals surface area contributed by atoms with Crippen molar-refractivity contribution in [2.75, 3.05) is 37.8 Å². The third kappa shape index (κ3) is 5.07. The molecule has 3 aromatic rings. The normalized spacial score (nSPS) is 13.5. The lowest BCUT2D eigenvalue weighted by molar-refractivity contribution is -0.384. The number of anilines is 1. The van der Waals surface area contributed by atoms with Gasteiger partial charge in [0.15, 0.2) is 6.61 Å². The van der Waals surface area contributed by atoms with Gasteiger partial charge in [0, 0.05) is 41.8 Å². The summed E-state index contributed by atoms with van der Waals surface area (Å²) in [5.74, 6) is -1.61. The van der Waals surface area contributed by atoms with Crippen molar-refractivity contribution in [3.05, 3.63) is 87.0 Å². The summed E-state index contributed by atoms with van der Waals surface area (Å²) in [5.41, 5.74) is 2.63. The summed E-state index contributed by atoms with van der Waals surface area (Å²) in [4.78, 5) is 38.3. The minimum Gasteiger partial charge on any atom is -0.454 e. The van der Waals surface area contributed by atoms with Gasteiger partial charge >= 0.3 is 5.97 Å². The number of nitrogens with zero attached hydrogens (tertiary/aromatic N) is 3. The first-order valence-corrected chi connectivity index (χ1v) is 11.0. The van der Waals surface area contributed by atoms with E-state index in [2.05, 4.69) is 0 Å². The molecule has 0 aliphatic carbocycles. The van der Waals surface area contributed by atoms with Crippen LogP contribution in [0.1, 0.15) is 32.1 Å². The van der Waals surface area contributed by atoms with E-state index >= 15 is 0 Å². The summed E-state index contributed by atoms with van der Waals surface area (Å²) in [6, 6.07) is 11.7. The highest BCUT2D eigenvalue weighted by Gasteiger charge is 2.24. The number of carbonyl (C=O) groups is 2. The number of halogens is 1. The number of Topliss-reactive ketones (excluding diaryl/α,β-unsaturated/α-hetero) is 1. The summed E-state index contributed by atoms with van der Waals surface area (Å²) in [6.45, 7) is 4.99. The predicted molar refractivity (Wildman–Crippen MR) is 126 cm³/mol. The SMILES string of the molecule is Cc1cc(C(=O)COC(=O)c2ccc(N3CCOCC3)c([N+](=O)[O-])c2)c(C)n1-c1ccc(F)cc1. The van der Waals surface area contributed by atoms with Crippen LogP contribution < -0.4 is 4.90 Å². The molecule has 9 nitrogen and oxygen atoms in total. The lowest BCUT2D eigenvalue weighted by Gasteiger charge is -2.28. The number of carbonyl (C=O) groups excluding carboxylic acids is 2. The lowest BCUT2D eigenvalue weighted by Crippen LogP contribution is -2.36. The molecular weight excluding hydrogens is 457 g/mol. The van der Waals surface area contributed by atoms with Gasteiger partial charge in [-0.2, -0.15) is 0 Å². The van der Waals surface area contributed by atoms with Crippen LogP contribution in [-0.2, 0) is 9.47 Å². The number of aryl methyl sites for hydroxylation is 1. The van der Waals surface area contributed by atoms with Crippen LogP contribution in [0, 0.1) is 29.8 Å². The molecule has 1 saturated heterocycles. The van der Waals surface area contributed by atoms with Gasteiger partial charge in [0.05, 0.1) is 23.7 Å². The Morgan fingerprint density at radius 3 is 2.43 bits per heavy atom. The van der Waals surface area contributed by atoms with E-state index in [1.54, 1.807) is 25.1 Å². The molecule has 0 spiro atoms. The number of ether oxygens (including phenoxy) is 2. The Morgan fingerprint density at radius 2 is 1.77 bits per heavy atom. The number of hydrogen-bond acceptors (Lipinski definition) is 7. The average molecular weight is 481 g/mol. The van der Waals surface area contributed by atoms with Crippen molar-refractivity contribution in [3.63, 3.8) is 0 Å². The second-order valence-electron chi connectivity index (χ2n) is 8.16. The molecule has 1 aliphatic rings. The Morgan fingerprint density at radius 1 is 1.09 bits per heavy atom. The van der Waals surface area contributed by atoms with E-state index in [9.17, 15) is 24.1 Å². The highest BCUT2D eigenvalue weighted by Crippen LogP contribution is 2.30. The number of esters is 1. The van der Waals surface area contributed by atoms with Gasteiger partial charge in [-0.15, -0.1) is 0 Å². The van der Waals surface area contributed by atoms with E-state index in [0.717, 1.165) is 11.8 Å². The molecule has 35 heavy (non-hydrogen) atoms. The second-order valence-corrected chi connectivity index (χ2v) is 8.16. The number of hydrogen-bond donors (Lipinski definition) is 0. The summed E-state index contributed by atoms with van der Waals surface area (Å²) >= 11 is 0. The maximum absolute atomic E-state index is 13.3. The number of morpholine rings is 1. The molecule has 0 amide bonds. The van der Waals surface area contributed by atoms with Crippen LogP contribution in [0.15, 0.2) is 48.5 Å². The largest absolute Gasteiger partial charge is 0.454 e. The molecular formula is C25H24FN3O6. The first-order valence-electron chi connectivity index (χ1n) is 11.0. The number of nitro groups is 1. The van der Waals surface area contributed by atoms with Gasteiger partial charge in [0.1, 0.15) is 11.5 Å². The molecule has 10 heteroatoms. The fourth-order valence-electron chi connectivity index (χ4n) is 4.19. The zero-order valence-electron chi connectivity index (χ0n) is 19.3. The molecule has 0 atom stereocenters. The summed E-state index contributed by atoms with van der Waals surface area (Å²) in [7, 11) is 0. The maximum Gasteiger partial charge on any atom is 0.338 e. The zero-order valence-corrected chi connectivity index (χ0v) is 19.3.